The van der Waals surface area contributed by atoms with Crippen LogP contribution >= 0.6 is 11.3 Å². The molecular weight excluding hydrogens is 458 g/mol. The zero-order valence-electron chi connectivity index (χ0n) is 18.2. The van der Waals surface area contributed by atoms with Gasteiger partial charge in [-0.2, -0.15) is 4.98 Å². The highest BCUT2D eigenvalue weighted by atomic mass is 32.1. The number of hydrogen-bond acceptors (Lipinski definition) is 8. The Bertz CT molecular complexity index is 1300. The fourth-order valence-corrected chi connectivity index (χ4v) is 5.54. The number of rotatable bonds is 4. The van der Waals surface area contributed by atoms with Crippen LogP contribution in [-0.2, 0) is 11.3 Å². The van der Waals surface area contributed by atoms with Crippen molar-refractivity contribution in [3.63, 3.8) is 0 Å². The average Bonchev–Trinajstić information content (AvgIpc) is 3.43. The van der Waals surface area contributed by atoms with Crippen LogP contribution in [0, 0.1) is 0 Å². The van der Waals surface area contributed by atoms with Crippen molar-refractivity contribution in [1.29, 1.82) is 0 Å². The van der Waals surface area contributed by atoms with Crippen LogP contribution in [0.5, 0.6) is 10.9 Å². The van der Waals surface area contributed by atoms with E-state index in [1.807, 2.05) is 41.5 Å². The quantitative estimate of drug-likeness (QED) is 0.422. The van der Waals surface area contributed by atoms with E-state index >= 15 is 0 Å². The van der Waals surface area contributed by atoms with Crippen LogP contribution in [0.3, 0.4) is 0 Å². The molecule has 2 atom stereocenters. The number of pyridine rings is 1. The lowest BCUT2D eigenvalue weighted by Gasteiger charge is -2.50. The first-order valence-corrected chi connectivity index (χ1v) is 11.6. The molecule has 34 heavy (non-hydrogen) atoms. The molecule has 1 aromatic carbocycles. The lowest BCUT2D eigenvalue weighted by molar-refractivity contribution is -0.122. The molecule has 3 fully saturated rings. The molecule has 11 heteroatoms. The summed E-state index contributed by atoms with van der Waals surface area (Å²) in [7, 11) is 0. The van der Waals surface area contributed by atoms with E-state index in [1.54, 1.807) is 6.20 Å². The summed E-state index contributed by atoms with van der Waals surface area (Å²) in [5.74, 6) is 0.682. The number of nitrogens with zero attached hydrogens (tertiary/aromatic N) is 4. The largest absolute Gasteiger partial charge is 0.483 e. The summed E-state index contributed by atoms with van der Waals surface area (Å²) in [6.07, 6.45) is 5.67. The lowest BCUT2D eigenvalue weighted by Crippen LogP contribution is -2.64. The van der Waals surface area contributed by atoms with Crippen LogP contribution in [0.2, 0.25) is 0 Å². The summed E-state index contributed by atoms with van der Waals surface area (Å²) in [6.45, 7) is 2.11. The molecule has 3 aliphatic heterocycles. The van der Waals surface area contributed by atoms with Gasteiger partial charge < -0.3 is 24.9 Å². The Balaban J connectivity index is 0.000000764. The lowest BCUT2D eigenvalue weighted by atomic mass is 9.90. The topological polar surface area (TPSA) is 135 Å². The maximum absolute atomic E-state index is 11.7. The Morgan fingerprint density at radius 1 is 1.29 bits per heavy atom. The monoisotopic (exact) mass is 481 g/mol. The molecule has 6 heterocycles. The van der Waals surface area contributed by atoms with Gasteiger partial charge in [0.25, 0.3) is 11.7 Å². The van der Waals surface area contributed by atoms with Crippen molar-refractivity contribution in [3.05, 3.63) is 48.4 Å². The first-order chi connectivity index (χ1) is 16.6. The van der Waals surface area contributed by atoms with Gasteiger partial charge in [-0.25, -0.2) is 9.78 Å². The van der Waals surface area contributed by atoms with Gasteiger partial charge in [0, 0.05) is 54.9 Å². The second-order valence-corrected chi connectivity index (χ2v) is 9.23. The van der Waals surface area contributed by atoms with Crippen molar-refractivity contribution in [2.24, 2.45) is 5.73 Å². The first kappa shape index (κ1) is 22.1. The molecule has 2 amide bonds. The van der Waals surface area contributed by atoms with Crippen molar-refractivity contribution < 1.29 is 23.8 Å². The maximum Gasteiger partial charge on any atom is 0.315 e. The molecule has 3 saturated heterocycles. The number of aromatic nitrogens is 2. The van der Waals surface area contributed by atoms with Gasteiger partial charge in [0.1, 0.15) is 11.3 Å². The molecule has 176 valence electrons. The molecule has 3 N–H and O–H groups in total. The van der Waals surface area contributed by atoms with Gasteiger partial charge in [-0.05, 0) is 37.1 Å². The van der Waals surface area contributed by atoms with Gasteiger partial charge in [0.2, 0.25) is 0 Å². The van der Waals surface area contributed by atoms with Gasteiger partial charge in [-0.1, -0.05) is 11.3 Å². The third-order valence-electron chi connectivity index (χ3n) is 6.28. The summed E-state index contributed by atoms with van der Waals surface area (Å²) in [5.41, 5.74) is 8.15. The van der Waals surface area contributed by atoms with Gasteiger partial charge in [-0.3, -0.25) is 9.69 Å². The Morgan fingerprint density at radius 2 is 2.12 bits per heavy atom. The van der Waals surface area contributed by atoms with E-state index in [9.17, 15) is 4.79 Å². The Kier molecular flexibility index (Phi) is 6.03. The summed E-state index contributed by atoms with van der Waals surface area (Å²) in [6, 6.07) is 9.99. The second-order valence-electron chi connectivity index (χ2n) is 8.24. The third-order valence-corrected chi connectivity index (χ3v) is 7.16. The molecule has 10 nitrogen and oxygen atoms in total. The minimum absolute atomic E-state index is 0.212. The zero-order valence-corrected chi connectivity index (χ0v) is 19.0. The number of carbonyl (C=O) groups is 2. The van der Waals surface area contributed by atoms with Crippen molar-refractivity contribution >= 4 is 45.2 Å². The SMILES string of the molecule is NC(=O)N1C[C@@H]2CC[C@H]1CN2Cc1coc2cc(Oc3nc4ncccc4s3)ccc12.O=CO. The number of nitrogens with two attached hydrogens (primary N) is 1. The van der Waals surface area contributed by atoms with Crippen LogP contribution in [0.4, 0.5) is 4.79 Å². The first-order valence-electron chi connectivity index (χ1n) is 10.8. The minimum Gasteiger partial charge on any atom is -0.483 e. The fourth-order valence-electron chi connectivity index (χ4n) is 4.74. The highest BCUT2D eigenvalue weighted by molar-refractivity contribution is 7.20. The van der Waals surface area contributed by atoms with Gasteiger partial charge >= 0.3 is 6.03 Å². The number of piperidine rings is 2. The average molecular weight is 482 g/mol. The standard InChI is InChI=1S/C22H21N5O3S.CH2O2/c23-21(28)27-11-14-3-4-15(27)10-26(14)9-13-12-29-18-8-16(5-6-17(13)18)30-22-25-20-19(31-22)2-1-7-24-20;2-1-3/h1-2,5-8,12,14-15H,3-4,9-11H2,(H2,23,28);1H,(H,2,3)/t14-,15-;/m0./s1. The van der Waals surface area contributed by atoms with Crippen LogP contribution in [-0.4, -0.2) is 62.6 Å². The molecule has 4 aromatic rings. The van der Waals surface area contributed by atoms with Gasteiger partial charge in [-0.15, -0.1) is 0 Å². The van der Waals surface area contributed by atoms with Crippen LogP contribution in [0.15, 0.2) is 47.2 Å². The molecule has 2 bridgehead atoms. The van der Waals surface area contributed by atoms with Crippen molar-refractivity contribution in [2.75, 3.05) is 13.1 Å². The van der Waals surface area contributed by atoms with Crippen molar-refractivity contribution in [1.82, 2.24) is 19.8 Å². The summed E-state index contributed by atoms with van der Waals surface area (Å²) < 4.78 is 12.8. The number of thiazole rings is 1. The minimum atomic E-state index is -0.306. The van der Waals surface area contributed by atoms with Gasteiger partial charge in [0.05, 0.1) is 11.0 Å². The molecule has 7 rings (SSSR count). The summed E-state index contributed by atoms with van der Waals surface area (Å²) in [5, 5.41) is 8.52. The normalized spacial score (nSPS) is 19.7. The molecular formula is C23H23N5O5S. The van der Waals surface area contributed by atoms with E-state index in [1.165, 1.54) is 11.3 Å². The number of amides is 2. The molecule has 3 aromatic heterocycles. The Labute approximate surface area is 198 Å². The number of furan rings is 1. The number of carbonyl (C=O) groups excluding carboxylic acids is 1. The Hall–Kier alpha value is -3.70. The number of hydrogen-bond donors (Lipinski definition) is 2. The molecule has 0 unspecified atom stereocenters. The second kappa shape index (κ2) is 9.27. The van der Waals surface area contributed by atoms with Crippen molar-refractivity contribution in [2.45, 2.75) is 31.5 Å². The fraction of sp³-hybridized carbons (Fsp3) is 0.304. The zero-order chi connectivity index (χ0) is 23.7. The van der Waals surface area contributed by atoms with E-state index in [-0.39, 0.29) is 18.5 Å². The number of primary amides is 1. The highest BCUT2D eigenvalue weighted by Gasteiger charge is 2.40. The number of ether oxygens (including phenoxy) is 1. The molecule has 3 aliphatic rings. The predicted molar refractivity (Wildman–Crippen MR) is 126 cm³/mol. The van der Waals surface area contributed by atoms with Gasteiger partial charge in [0.15, 0.2) is 5.65 Å². The number of piperazine rings is 1. The molecule has 0 radical (unpaired) electrons. The number of fused-ring (bicyclic) bond motifs is 5. The van der Waals surface area contributed by atoms with Crippen LogP contribution in [0.25, 0.3) is 21.3 Å². The van der Waals surface area contributed by atoms with Crippen LogP contribution in [0.1, 0.15) is 18.4 Å². The van der Waals surface area contributed by atoms with E-state index in [2.05, 4.69) is 14.9 Å². The molecule has 0 aliphatic carbocycles. The number of benzene rings is 1. The molecule has 0 spiro atoms. The summed E-state index contributed by atoms with van der Waals surface area (Å²) in [4.78, 5) is 32.9. The number of urea groups is 1. The predicted octanol–water partition coefficient (Wildman–Crippen LogP) is 3.66. The van der Waals surface area contributed by atoms with E-state index in [0.717, 1.165) is 47.2 Å². The maximum atomic E-state index is 11.7. The summed E-state index contributed by atoms with van der Waals surface area (Å²) >= 11 is 1.47. The highest BCUT2D eigenvalue weighted by Crippen LogP contribution is 2.35. The van der Waals surface area contributed by atoms with Crippen LogP contribution < -0.4 is 10.5 Å². The third kappa shape index (κ3) is 4.27. The molecule has 0 saturated carbocycles. The number of carboxylic acid groups (broad SMARTS) is 1. The van der Waals surface area contributed by atoms with Crippen molar-refractivity contribution in [3.8, 4) is 10.9 Å². The van der Waals surface area contributed by atoms with E-state index < -0.39 is 0 Å². The smallest absolute Gasteiger partial charge is 0.315 e. The van der Waals surface area contributed by atoms with E-state index in [4.69, 9.17) is 24.8 Å². The Morgan fingerprint density at radius 3 is 2.85 bits per heavy atom. The van der Waals surface area contributed by atoms with E-state index in [0.29, 0.717) is 29.2 Å².